The monoisotopic (exact) mass is 308 g/mol. The van der Waals surface area contributed by atoms with E-state index >= 15 is 0 Å². The van der Waals surface area contributed by atoms with Crippen LogP contribution in [0.3, 0.4) is 0 Å². The predicted octanol–water partition coefficient (Wildman–Crippen LogP) is 3.62. The average molecular weight is 309 g/mol. The number of nitrogens with one attached hydrogen (secondary N) is 1. The van der Waals surface area contributed by atoms with E-state index in [1.807, 2.05) is 6.92 Å². The molecule has 0 atom stereocenters. The zero-order valence-corrected chi connectivity index (χ0v) is 12.7. The number of hydrogen-bond acceptors (Lipinski definition) is 4. The highest BCUT2D eigenvalue weighted by Gasteiger charge is 2.12. The van der Waals surface area contributed by atoms with E-state index in [2.05, 4.69) is 17.3 Å². The molecule has 1 heterocycles. The first-order valence-corrected chi connectivity index (χ1v) is 7.09. The molecule has 7 heteroatoms. The first kappa shape index (κ1) is 15.3. The van der Waals surface area contributed by atoms with Gasteiger partial charge in [-0.3, -0.25) is 14.8 Å². The molecular formula is C14H17ClN4O2. The Labute approximate surface area is 127 Å². The second kappa shape index (κ2) is 6.58. The Kier molecular flexibility index (Phi) is 4.80. The molecule has 2 rings (SSSR count). The number of benzene rings is 1. The van der Waals surface area contributed by atoms with Crippen molar-refractivity contribution >= 4 is 23.0 Å². The van der Waals surface area contributed by atoms with E-state index in [1.165, 1.54) is 6.07 Å². The molecule has 112 valence electrons. The molecule has 0 amide bonds. The van der Waals surface area contributed by atoms with E-state index in [0.717, 1.165) is 29.9 Å². The van der Waals surface area contributed by atoms with E-state index < -0.39 is 4.92 Å². The summed E-state index contributed by atoms with van der Waals surface area (Å²) >= 11 is 5.99. The van der Waals surface area contributed by atoms with Crippen molar-refractivity contribution in [3.8, 4) is 0 Å². The smallest absolute Gasteiger partial charge is 0.269 e. The van der Waals surface area contributed by atoms with E-state index in [-0.39, 0.29) is 5.69 Å². The molecule has 0 bridgehead atoms. The van der Waals surface area contributed by atoms with Crippen LogP contribution < -0.4 is 5.32 Å². The highest BCUT2D eigenvalue weighted by atomic mass is 35.5. The molecule has 2 aromatic rings. The molecule has 21 heavy (non-hydrogen) atoms. The molecule has 6 nitrogen and oxygen atoms in total. The fraction of sp³-hybridized carbons (Fsp3) is 0.357. The number of rotatable bonds is 6. The number of nitrogens with zero attached hydrogens (tertiary/aromatic N) is 3. The predicted molar refractivity (Wildman–Crippen MR) is 83.0 cm³/mol. The maximum atomic E-state index is 10.9. The van der Waals surface area contributed by atoms with E-state index in [0.29, 0.717) is 11.6 Å². The molecule has 1 aromatic heterocycles. The minimum Gasteiger partial charge on any atom is -0.385 e. The van der Waals surface area contributed by atoms with E-state index in [9.17, 15) is 10.1 Å². The number of anilines is 1. The third-order valence-corrected chi connectivity index (χ3v) is 3.45. The number of nitro benzene ring substituents is 1. The number of aryl methyl sites for hydroxylation is 1. The maximum absolute atomic E-state index is 10.9. The Balaban J connectivity index is 2.32. The van der Waals surface area contributed by atoms with E-state index in [4.69, 9.17) is 11.6 Å². The van der Waals surface area contributed by atoms with Gasteiger partial charge in [-0.15, -0.1) is 0 Å². The molecule has 0 aliphatic rings. The van der Waals surface area contributed by atoms with Crippen LogP contribution in [0.25, 0.3) is 0 Å². The van der Waals surface area contributed by atoms with Crippen molar-refractivity contribution in [2.45, 2.75) is 26.8 Å². The first-order chi connectivity index (χ1) is 10.0. The van der Waals surface area contributed by atoms with Gasteiger partial charge < -0.3 is 5.32 Å². The molecule has 0 saturated heterocycles. The van der Waals surface area contributed by atoms with Crippen molar-refractivity contribution in [2.24, 2.45) is 0 Å². The van der Waals surface area contributed by atoms with Crippen molar-refractivity contribution in [1.82, 2.24) is 9.78 Å². The lowest BCUT2D eigenvalue weighted by atomic mass is 10.1. The molecule has 1 aromatic carbocycles. The molecule has 1 N–H and O–H groups in total. The summed E-state index contributed by atoms with van der Waals surface area (Å²) in [6.07, 6.45) is 2.70. The summed E-state index contributed by atoms with van der Waals surface area (Å²) < 4.78 is 1.69. The molecule has 0 aliphatic heterocycles. The third-order valence-electron chi connectivity index (χ3n) is 3.08. The number of hydrogen-bond donors (Lipinski definition) is 1. The summed E-state index contributed by atoms with van der Waals surface area (Å²) in [4.78, 5) is 10.5. The lowest BCUT2D eigenvalue weighted by Crippen LogP contribution is -2.07. The summed E-state index contributed by atoms with van der Waals surface area (Å²) in [5.74, 6) is 0. The molecule has 0 spiro atoms. The fourth-order valence-corrected chi connectivity index (χ4v) is 2.16. The summed E-state index contributed by atoms with van der Waals surface area (Å²) in [6, 6.07) is 4.81. The van der Waals surface area contributed by atoms with Gasteiger partial charge in [0.05, 0.1) is 22.2 Å². The zero-order valence-electron chi connectivity index (χ0n) is 12.0. The van der Waals surface area contributed by atoms with Gasteiger partial charge in [-0.1, -0.05) is 18.5 Å². The van der Waals surface area contributed by atoms with Crippen LogP contribution in [0, 0.1) is 17.0 Å². The van der Waals surface area contributed by atoms with Crippen molar-refractivity contribution in [1.29, 1.82) is 0 Å². The topological polar surface area (TPSA) is 73.0 Å². The normalized spacial score (nSPS) is 10.6. The number of non-ortho nitro benzene ring substituents is 1. The molecule has 0 unspecified atom stereocenters. The molecule has 0 aliphatic carbocycles. The van der Waals surface area contributed by atoms with Gasteiger partial charge in [-0.2, -0.15) is 5.10 Å². The Morgan fingerprint density at radius 3 is 2.81 bits per heavy atom. The molecule has 0 fully saturated rings. The van der Waals surface area contributed by atoms with Gasteiger partial charge in [0.25, 0.3) is 5.69 Å². The van der Waals surface area contributed by atoms with Gasteiger partial charge in [0.15, 0.2) is 0 Å². The molecule has 0 radical (unpaired) electrons. The quantitative estimate of drug-likeness (QED) is 0.653. The van der Waals surface area contributed by atoms with Crippen LogP contribution >= 0.6 is 11.6 Å². The first-order valence-electron chi connectivity index (χ1n) is 6.72. The van der Waals surface area contributed by atoms with Crippen molar-refractivity contribution in [3.63, 3.8) is 0 Å². The second-order valence-electron chi connectivity index (χ2n) is 4.79. The van der Waals surface area contributed by atoms with Crippen LogP contribution in [-0.2, 0) is 6.54 Å². The Morgan fingerprint density at radius 2 is 2.24 bits per heavy atom. The third kappa shape index (κ3) is 3.72. The molecular weight excluding hydrogens is 292 g/mol. The van der Waals surface area contributed by atoms with Crippen LogP contribution in [0.5, 0.6) is 0 Å². The second-order valence-corrected chi connectivity index (χ2v) is 5.19. The fourth-order valence-electron chi connectivity index (χ4n) is 2.01. The van der Waals surface area contributed by atoms with Crippen LogP contribution in [-0.4, -0.2) is 21.2 Å². The highest BCUT2D eigenvalue weighted by molar-refractivity contribution is 6.31. The van der Waals surface area contributed by atoms with Crippen LogP contribution in [0.2, 0.25) is 5.02 Å². The Hall–Kier alpha value is -2.08. The maximum Gasteiger partial charge on any atom is 0.269 e. The number of halogens is 1. The number of nitro groups is 1. The minimum atomic E-state index is -0.394. The SMILES string of the molecule is CCCNc1ccc([N+](=O)[O-])cc1Cn1cc(Cl)c(C)n1. The van der Waals surface area contributed by atoms with Crippen molar-refractivity contribution in [2.75, 3.05) is 11.9 Å². The minimum absolute atomic E-state index is 0.0713. The summed E-state index contributed by atoms with van der Waals surface area (Å²) in [6.45, 7) is 5.13. The summed E-state index contributed by atoms with van der Waals surface area (Å²) in [5, 5.41) is 19.1. The van der Waals surface area contributed by atoms with Gasteiger partial charge in [0.2, 0.25) is 0 Å². The largest absolute Gasteiger partial charge is 0.385 e. The van der Waals surface area contributed by atoms with Gasteiger partial charge in [-0.25, -0.2) is 0 Å². The van der Waals surface area contributed by atoms with Gasteiger partial charge >= 0.3 is 0 Å². The van der Waals surface area contributed by atoms with Crippen molar-refractivity contribution in [3.05, 3.63) is 50.8 Å². The molecule has 0 saturated carbocycles. The lowest BCUT2D eigenvalue weighted by Gasteiger charge is -2.11. The Morgan fingerprint density at radius 1 is 1.48 bits per heavy atom. The van der Waals surface area contributed by atoms with Crippen molar-refractivity contribution < 1.29 is 4.92 Å². The lowest BCUT2D eigenvalue weighted by molar-refractivity contribution is -0.384. The summed E-state index contributed by atoms with van der Waals surface area (Å²) in [7, 11) is 0. The van der Waals surface area contributed by atoms with Gasteiger partial charge in [0.1, 0.15) is 0 Å². The Bertz CT molecular complexity index is 635. The van der Waals surface area contributed by atoms with Crippen LogP contribution in [0.15, 0.2) is 24.4 Å². The standard InChI is InChI=1S/C14H17ClN4O2/c1-3-6-16-14-5-4-12(19(20)21)7-11(14)8-18-9-13(15)10(2)17-18/h4-5,7,9,16H,3,6,8H2,1-2H3. The average Bonchev–Trinajstić information content (AvgIpc) is 2.75. The van der Waals surface area contributed by atoms with Gasteiger partial charge in [0, 0.05) is 36.1 Å². The zero-order chi connectivity index (χ0) is 15.4. The highest BCUT2D eigenvalue weighted by Crippen LogP contribution is 2.24. The summed E-state index contributed by atoms with van der Waals surface area (Å²) in [5.41, 5.74) is 2.51. The van der Waals surface area contributed by atoms with E-state index in [1.54, 1.807) is 23.0 Å². The number of aromatic nitrogens is 2. The van der Waals surface area contributed by atoms with Gasteiger partial charge in [-0.05, 0) is 19.4 Å². The van der Waals surface area contributed by atoms with Crippen LogP contribution in [0.4, 0.5) is 11.4 Å². The van der Waals surface area contributed by atoms with Crippen LogP contribution in [0.1, 0.15) is 24.6 Å².